The van der Waals surface area contributed by atoms with E-state index in [1.807, 2.05) is 12.1 Å². The van der Waals surface area contributed by atoms with Crippen molar-refractivity contribution in [3.8, 4) is 23.0 Å². The second kappa shape index (κ2) is 10.4. The van der Waals surface area contributed by atoms with E-state index in [1.165, 1.54) is 13.2 Å². The van der Waals surface area contributed by atoms with Crippen LogP contribution in [0.25, 0.3) is 0 Å². The summed E-state index contributed by atoms with van der Waals surface area (Å²) < 4.78 is 24.5. The lowest BCUT2D eigenvalue weighted by Gasteiger charge is -2.31. The van der Waals surface area contributed by atoms with Crippen molar-refractivity contribution in [1.82, 2.24) is 4.90 Å². The minimum absolute atomic E-state index is 0.00345. The number of anilines is 1. The Kier molecular flexibility index (Phi) is 7.10. The van der Waals surface area contributed by atoms with Gasteiger partial charge in [0, 0.05) is 18.2 Å². The standard InChI is InChI=1S/C26H27FN2O4/c1-32-25-16-18(6-11-23(25)30)17-29-14-12-19(13-15-29)26(31)28-20-7-9-21(10-8-20)33-24-5-3-2-4-22(24)27/h2-11,16,19,30H,12-15,17H2,1H3,(H,28,31). The lowest BCUT2D eigenvalue weighted by atomic mass is 9.95. The number of carbonyl (C=O) groups is 1. The predicted molar refractivity (Wildman–Crippen MR) is 124 cm³/mol. The number of amides is 1. The average Bonchev–Trinajstić information content (AvgIpc) is 2.83. The number of piperidine rings is 1. The molecule has 1 aliphatic rings. The van der Waals surface area contributed by atoms with Gasteiger partial charge in [-0.25, -0.2) is 4.39 Å². The number of nitrogens with zero attached hydrogens (tertiary/aromatic N) is 1. The Hall–Kier alpha value is -3.58. The van der Waals surface area contributed by atoms with Gasteiger partial charge in [0.15, 0.2) is 23.1 Å². The number of ether oxygens (including phenoxy) is 2. The largest absolute Gasteiger partial charge is 0.504 e. The maximum absolute atomic E-state index is 13.7. The van der Waals surface area contributed by atoms with Gasteiger partial charge < -0.3 is 19.9 Å². The summed E-state index contributed by atoms with van der Waals surface area (Å²) in [5.41, 5.74) is 1.74. The maximum atomic E-state index is 13.7. The number of phenols is 1. The first-order valence-electron chi connectivity index (χ1n) is 10.9. The summed E-state index contributed by atoms with van der Waals surface area (Å²) in [6.07, 6.45) is 1.55. The number of nitrogens with one attached hydrogen (secondary N) is 1. The highest BCUT2D eigenvalue weighted by Crippen LogP contribution is 2.29. The Morgan fingerprint density at radius 1 is 1.06 bits per heavy atom. The zero-order valence-electron chi connectivity index (χ0n) is 18.5. The summed E-state index contributed by atoms with van der Waals surface area (Å²) in [7, 11) is 1.53. The molecule has 0 saturated carbocycles. The molecule has 0 radical (unpaired) electrons. The molecule has 6 nitrogen and oxygen atoms in total. The number of rotatable bonds is 7. The minimum atomic E-state index is -0.425. The molecule has 1 fully saturated rings. The van der Waals surface area contributed by atoms with Crippen molar-refractivity contribution in [2.45, 2.75) is 19.4 Å². The van der Waals surface area contributed by atoms with Gasteiger partial charge in [-0.05, 0) is 80.0 Å². The van der Waals surface area contributed by atoms with Gasteiger partial charge in [-0.2, -0.15) is 0 Å². The lowest BCUT2D eigenvalue weighted by molar-refractivity contribution is -0.121. The molecule has 1 saturated heterocycles. The number of benzene rings is 3. The third-order valence-corrected chi connectivity index (χ3v) is 5.79. The van der Waals surface area contributed by atoms with Crippen LogP contribution in [0.15, 0.2) is 66.7 Å². The number of hydrogen-bond acceptors (Lipinski definition) is 5. The molecule has 2 N–H and O–H groups in total. The molecule has 0 aliphatic carbocycles. The fourth-order valence-electron chi connectivity index (χ4n) is 3.94. The first-order chi connectivity index (χ1) is 16.0. The Labute approximate surface area is 192 Å². The Balaban J connectivity index is 1.26. The van der Waals surface area contributed by atoms with Gasteiger partial charge in [0.2, 0.25) is 5.91 Å². The molecular formula is C26H27FN2O4. The molecule has 3 aromatic rings. The SMILES string of the molecule is COc1cc(CN2CCC(C(=O)Nc3ccc(Oc4ccccc4F)cc3)CC2)ccc1O. The highest BCUT2D eigenvalue weighted by Gasteiger charge is 2.25. The van der Waals surface area contributed by atoms with Gasteiger partial charge in [-0.1, -0.05) is 18.2 Å². The number of para-hydroxylation sites is 1. The fourth-order valence-corrected chi connectivity index (χ4v) is 3.94. The molecule has 33 heavy (non-hydrogen) atoms. The molecule has 0 bridgehead atoms. The van der Waals surface area contributed by atoms with Gasteiger partial charge in [0.05, 0.1) is 7.11 Å². The Morgan fingerprint density at radius 3 is 2.48 bits per heavy atom. The summed E-state index contributed by atoms with van der Waals surface area (Å²) in [5, 5.41) is 12.7. The quantitative estimate of drug-likeness (QED) is 0.519. The van der Waals surface area contributed by atoms with Crippen molar-refractivity contribution in [3.05, 3.63) is 78.1 Å². The van der Waals surface area contributed by atoms with E-state index < -0.39 is 5.82 Å². The number of methoxy groups -OCH3 is 1. The molecule has 4 rings (SSSR count). The van der Waals surface area contributed by atoms with Crippen molar-refractivity contribution in [1.29, 1.82) is 0 Å². The van der Waals surface area contributed by atoms with E-state index in [0.717, 1.165) is 38.0 Å². The summed E-state index contributed by atoms with van der Waals surface area (Å²) in [4.78, 5) is 15.0. The van der Waals surface area contributed by atoms with E-state index in [9.17, 15) is 14.3 Å². The zero-order valence-corrected chi connectivity index (χ0v) is 18.5. The van der Waals surface area contributed by atoms with Crippen molar-refractivity contribution < 1.29 is 23.8 Å². The van der Waals surface area contributed by atoms with Crippen LogP contribution in [-0.4, -0.2) is 36.1 Å². The van der Waals surface area contributed by atoms with Gasteiger partial charge in [-0.3, -0.25) is 9.69 Å². The molecule has 0 atom stereocenters. The summed E-state index contributed by atoms with van der Waals surface area (Å²) >= 11 is 0. The second-order valence-electron chi connectivity index (χ2n) is 8.10. The van der Waals surface area contributed by atoms with Crippen molar-refractivity contribution in [2.75, 3.05) is 25.5 Å². The molecule has 7 heteroatoms. The summed E-state index contributed by atoms with van der Waals surface area (Å²) in [6.45, 7) is 2.38. The van der Waals surface area contributed by atoms with Crippen LogP contribution < -0.4 is 14.8 Å². The first kappa shape index (κ1) is 22.6. The van der Waals surface area contributed by atoms with E-state index in [0.29, 0.717) is 17.2 Å². The van der Waals surface area contributed by atoms with Gasteiger partial charge in [-0.15, -0.1) is 0 Å². The number of aromatic hydroxyl groups is 1. The molecule has 3 aromatic carbocycles. The first-order valence-corrected chi connectivity index (χ1v) is 10.9. The highest BCUT2D eigenvalue weighted by molar-refractivity contribution is 5.92. The van der Waals surface area contributed by atoms with E-state index in [4.69, 9.17) is 9.47 Å². The van der Waals surface area contributed by atoms with Crippen LogP contribution >= 0.6 is 0 Å². The van der Waals surface area contributed by atoms with Crippen LogP contribution in [0.3, 0.4) is 0 Å². The number of likely N-dealkylation sites (tertiary alicyclic amines) is 1. The van der Waals surface area contributed by atoms with Crippen molar-refractivity contribution >= 4 is 11.6 Å². The van der Waals surface area contributed by atoms with Gasteiger partial charge in [0.25, 0.3) is 0 Å². The number of halogens is 1. The smallest absolute Gasteiger partial charge is 0.227 e. The molecule has 0 spiro atoms. The third-order valence-electron chi connectivity index (χ3n) is 5.79. The molecule has 1 amide bonds. The van der Waals surface area contributed by atoms with Crippen LogP contribution in [-0.2, 0) is 11.3 Å². The van der Waals surface area contributed by atoms with E-state index in [-0.39, 0.29) is 23.3 Å². The van der Waals surface area contributed by atoms with E-state index in [1.54, 1.807) is 48.5 Å². The molecule has 1 heterocycles. The van der Waals surface area contributed by atoms with Crippen molar-refractivity contribution in [2.24, 2.45) is 5.92 Å². The van der Waals surface area contributed by atoms with Crippen LogP contribution in [0.4, 0.5) is 10.1 Å². The van der Waals surface area contributed by atoms with E-state index >= 15 is 0 Å². The summed E-state index contributed by atoms with van der Waals surface area (Å²) in [5.74, 6) is 0.777. The second-order valence-corrected chi connectivity index (χ2v) is 8.10. The molecular weight excluding hydrogens is 423 g/mol. The number of phenolic OH excluding ortho intramolecular Hbond substituents is 1. The predicted octanol–water partition coefficient (Wildman–Crippen LogP) is 5.18. The third kappa shape index (κ3) is 5.81. The normalized spacial score (nSPS) is 14.6. The fraction of sp³-hybridized carbons (Fsp3) is 0.269. The number of hydrogen-bond donors (Lipinski definition) is 2. The number of carbonyl (C=O) groups excluding carboxylic acids is 1. The topological polar surface area (TPSA) is 71.0 Å². The zero-order chi connectivity index (χ0) is 23.2. The Bertz CT molecular complexity index is 1100. The van der Waals surface area contributed by atoms with Crippen LogP contribution in [0, 0.1) is 11.7 Å². The van der Waals surface area contributed by atoms with E-state index in [2.05, 4.69) is 10.2 Å². The van der Waals surface area contributed by atoms with Crippen LogP contribution in [0.5, 0.6) is 23.0 Å². The highest BCUT2D eigenvalue weighted by atomic mass is 19.1. The van der Waals surface area contributed by atoms with Gasteiger partial charge in [0.1, 0.15) is 5.75 Å². The minimum Gasteiger partial charge on any atom is -0.504 e. The van der Waals surface area contributed by atoms with Gasteiger partial charge >= 0.3 is 0 Å². The summed E-state index contributed by atoms with van der Waals surface area (Å²) in [6, 6.07) is 18.5. The Morgan fingerprint density at radius 2 is 1.79 bits per heavy atom. The average molecular weight is 451 g/mol. The monoisotopic (exact) mass is 450 g/mol. The molecule has 172 valence electrons. The maximum Gasteiger partial charge on any atom is 0.227 e. The van der Waals surface area contributed by atoms with Crippen molar-refractivity contribution in [3.63, 3.8) is 0 Å². The lowest BCUT2D eigenvalue weighted by Crippen LogP contribution is -2.37. The van der Waals surface area contributed by atoms with Crippen LogP contribution in [0.2, 0.25) is 0 Å². The van der Waals surface area contributed by atoms with Crippen LogP contribution in [0.1, 0.15) is 18.4 Å². The molecule has 0 aromatic heterocycles. The molecule has 1 aliphatic heterocycles. The molecule has 0 unspecified atom stereocenters.